The minimum absolute atomic E-state index is 0.123. The number of aromatic nitrogens is 3. The number of nitrogens with zero attached hydrogens (tertiary/aromatic N) is 4. The normalized spacial score (nSPS) is 21.6. The predicted octanol–water partition coefficient (Wildman–Crippen LogP) is 0.737. The Kier molecular flexibility index (Phi) is 4.97. The van der Waals surface area contributed by atoms with Crippen molar-refractivity contribution in [2.24, 2.45) is 0 Å². The van der Waals surface area contributed by atoms with Crippen molar-refractivity contribution in [3.05, 3.63) is 36.2 Å². The quantitative estimate of drug-likeness (QED) is 0.839. The van der Waals surface area contributed by atoms with Crippen molar-refractivity contribution in [3.8, 4) is 5.75 Å². The summed E-state index contributed by atoms with van der Waals surface area (Å²) in [4.78, 5) is 14.3. The number of amides is 1. The maximum absolute atomic E-state index is 13.1. The number of hydrogen-bond donors (Lipinski definition) is 1. The molecule has 1 N–H and O–H groups in total. The van der Waals surface area contributed by atoms with Crippen LogP contribution in [0.3, 0.4) is 0 Å². The third kappa shape index (κ3) is 3.17. The second-order valence-electron chi connectivity index (χ2n) is 6.24. The SMILES string of the molecule is COc1ccccc1S(=O)(=O)N1C[C@H](C)N(C(=O)c2cn[nH]n2)C[C@H]1C. The third-order valence-electron chi connectivity index (χ3n) is 4.48. The number of ether oxygens (including phenoxy) is 1. The molecule has 1 fully saturated rings. The van der Waals surface area contributed by atoms with Gasteiger partial charge in [-0.05, 0) is 26.0 Å². The van der Waals surface area contributed by atoms with E-state index in [0.29, 0.717) is 5.75 Å². The largest absolute Gasteiger partial charge is 0.495 e. The van der Waals surface area contributed by atoms with Gasteiger partial charge in [-0.3, -0.25) is 4.79 Å². The number of nitrogens with one attached hydrogen (secondary N) is 1. The first-order valence-electron chi connectivity index (χ1n) is 8.18. The molecule has 1 amide bonds. The zero-order chi connectivity index (χ0) is 18.9. The summed E-state index contributed by atoms with van der Waals surface area (Å²) in [6.45, 7) is 4.04. The van der Waals surface area contributed by atoms with Crippen LogP contribution in [0, 0.1) is 0 Å². The molecule has 1 saturated heterocycles. The molecular weight excluding hydrogens is 358 g/mol. The van der Waals surface area contributed by atoms with Gasteiger partial charge in [0.2, 0.25) is 10.0 Å². The lowest BCUT2D eigenvalue weighted by atomic mass is 10.1. The number of methoxy groups -OCH3 is 1. The van der Waals surface area contributed by atoms with Crippen molar-refractivity contribution in [1.29, 1.82) is 0 Å². The maximum Gasteiger partial charge on any atom is 0.276 e. The van der Waals surface area contributed by atoms with Gasteiger partial charge >= 0.3 is 0 Å². The number of benzene rings is 1. The standard InChI is InChI=1S/C16H21N5O4S/c1-11-10-21(26(23,24)15-7-5-4-6-14(15)25-3)12(2)9-20(11)16(22)13-8-17-19-18-13/h4-8,11-12H,9-10H2,1-3H3,(H,17,18,19)/t11-,12+/m0/s1. The first-order chi connectivity index (χ1) is 12.4. The average molecular weight is 379 g/mol. The van der Waals surface area contributed by atoms with Gasteiger partial charge in [-0.2, -0.15) is 19.7 Å². The monoisotopic (exact) mass is 379 g/mol. The van der Waals surface area contributed by atoms with Crippen molar-refractivity contribution in [2.75, 3.05) is 20.2 Å². The molecule has 2 aromatic rings. The Morgan fingerprint density at radius 3 is 2.62 bits per heavy atom. The van der Waals surface area contributed by atoms with Gasteiger partial charge in [0.15, 0.2) is 5.69 Å². The van der Waals surface area contributed by atoms with E-state index in [4.69, 9.17) is 4.74 Å². The molecule has 0 unspecified atom stereocenters. The Balaban J connectivity index is 1.86. The highest BCUT2D eigenvalue weighted by Crippen LogP contribution is 2.30. The molecule has 26 heavy (non-hydrogen) atoms. The van der Waals surface area contributed by atoms with E-state index in [2.05, 4.69) is 15.4 Å². The Morgan fingerprint density at radius 1 is 1.23 bits per heavy atom. The highest BCUT2D eigenvalue weighted by atomic mass is 32.2. The molecule has 9 nitrogen and oxygen atoms in total. The van der Waals surface area contributed by atoms with Gasteiger partial charge in [0.1, 0.15) is 10.6 Å². The van der Waals surface area contributed by atoms with Crippen LogP contribution in [0.15, 0.2) is 35.4 Å². The lowest BCUT2D eigenvalue weighted by molar-refractivity contribution is 0.0500. The number of sulfonamides is 1. The number of hydrogen-bond acceptors (Lipinski definition) is 6. The van der Waals surface area contributed by atoms with Crippen molar-refractivity contribution in [3.63, 3.8) is 0 Å². The number of piperazine rings is 1. The molecule has 0 aliphatic carbocycles. The van der Waals surface area contributed by atoms with E-state index in [0.717, 1.165) is 0 Å². The summed E-state index contributed by atoms with van der Waals surface area (Å²) in [5.41, 5.74) is 0.213. The van der Waals surface area contributed by atoms with Crippen LogP contribution in [0.4, 0.5) is 0 Å². The summed E-state index contributed by atoms with van der Waals surface area (Å²) in [5, 5.41) is 9.88. The molecule has 2 heterocycles. The van der Waals surface area contributed by atoms with Crippen molar-refractivity contribution >= 4 is 15.9 Å². The van der Waals surface area contributed by atoms with Crippen LogP contribution in [0.2, 0.25) is 0 Å². The van der Waals surface area contributed by atoms with Crippen LogP contribution < -0.4 is 4.74 Å². The second kappa shape index (κ2) is 7.04. The lowest BCUT2D eigenvalue weighted by Crippen LogP contribution is -2.59. The van der Waals surface area contributed by atoms with E-state index >= 15 is 0 Å². The summed E-state index contributed by atoms with van der Waals surface area (Å²) in [5.74, 6) is 0.0286. The highest BCUT2D eigenvalue weighted by Gasteiger charge is 2.40. The van der Waals surface area contributed by atoms with Crippen molar-refractivity contribution in [2.45, 2.75) is 30.8 Å². The van der Waals surface area contributed by atoms with Crippen LogP contribution in [-0.4, -0.2) is 71.2 Å². The number of para-hydroxylation sites is 1. The number of carbonyl (C=O) groups excluding carboxylic acids is 1. The van der Waals surface area contributed by atoms with Crippen LogP contribution in [-0.2, 0) is 10.0 Å². The molecule has 1 aromatic carbocycles. The van der Waals surface area contributed by atoms with E-state index in [1.54, 1.807) is 30.0 Å². The zero-order valence-electron chi connectivity index (χ0n) is 14.8. The molecular formula is C16H21N5O4S. The van der Waals surface area contributed by atoms with Crippen LogP contribution in [0.25, 0.3) is 0 Å². The van der Waals surface area contributed by atoms with Crippen LogP contribution >= 0.6 is 0 Å². The Morgan fingerprint density at radius 2 is 1.96 bits per heavy atom. The van der Waals surface area contributed by atoms with E-state index in [-0.39, 0.29) is 35.6 Å². The number of rotatable bonds is 4. The zero-order valence-corrected chi connectivity index (χ0v) is 15.6. The second-order valence-corrected chi connectivity index (χ2v) is 8.10. The maximum atomic E-state index is 13.1. The number of aromatic amines is 1. The third-order valence-corrected chi connectivity index (χ3v) is 6.50. The fourth-order valence-corrected chi connectivity index (χ4v) is 4.98. The predicted molar refractivity (Wildman–Crippen MR) is 93.2 cm³/mol. The van der Waals surface area contributed by atoms with E-state index < -0.39 is 16.1 Å². The Bertz CT molecular complexity index is 884. The topological polar surface area (TPSA) is 108 Å². The molecule has 1 aliphatic heterocycles. The summed E-state index contributed by atoms with van der Waals surface area (Å²) >= 11 is 0. The molecule has 140 valence electrons. The van der Waals surface area contributed by atoms with E-state index in [1.807, 2.05) is 6.92 Å². The summed E-state index contributed by atoms with van der Waals surface area (Å²) in [6.07, 6.45) is 1.36. The molecule has 0 radical (unpaired) electrons. The summed E-state index contributed by atoms with van der Waals surface area (Å²) in [6, 6.07) is 5.83. The van der Waals surface area contributed by atoms with Crippen molar-refractivity contribution in [1.82, 2.24) is 24.6 Å². The van der Waals surface area contributed by atoms with Gasteiger partial charge in [0.25, 0.3) is 5.91 Å². The molecule has 10 heteroatoms. The molecule has 3 rings (SSSR count). The van der Waals surface area contributed by atoms with E-state index in [1.165, 1.54) is 23.7 Å². The number of carbonyl (C=O) groups is 1. The Labute approximate surface area is 152 Å². The van der Waals surface area contributed by atoms with Gasteiger partial charge in [0, 0.05) is 25.2 Å². The van der Waals surface area contributed by atoms with Gasteiger partial charge in [-0.15, -0.1) is 0 Å². The summed E-state index contributed by atoms with van der Waals surface area (Å²) in [7, 11) is -2.31. The van der Waals surface area contributed by atoms with Gasteiger partial charge in [-0.1, -0.05) is 12.1 Å². The lowest BCUT2D eigenvalue weighted by Gasteiger charge is -2.43. The number of H-pyrrole nitrogens is 1. The molecule has 2 atom stereocenters. The smallest absolute Gasteiger partial charge is 0.276 e. The molecule has 0 bridgehead atoms. The van der Waals surface area contributed by atoms with Gasteiger partial charge in [0.05, 0.1) is 13.3 Å². The molecule has 0 saturated carbocycles. The average Bonchev–Trinajstić information content (AvgIpc) is 3.17. The molecule has 1 aromatic heterocycles. The molecule has 1 aliphatic rings. The minimum Gasteiger partial charge on any atom is -0.495 e. The minimum atomic E-state index is -3.75. The van der Waals surface area contributed by atoms with Gasteiger partial charge < -0.3 is 9.64 Å². The Hall–Kier alpha value is -2.46. The molecule has 0 spiro atoms. The fourth-order valence-electron chi connectivity index (χ4n) is 3.12. The van der Waals surface area contributed by atoms with Gasteiger partial charge in [-0.25, -0.2) is 8.42 Å². The van der Waals surface area contributed by atoms with Crippen LogP contribution in [0.5, 0.6) is 5.75 Å². The summed E-state index contributed by atoms with van der Waals surface area (Å²) < 4.78 is 32.9. The van der Waals surface area contributed by atoms with Crippen LogP contribution in [0.1, 0.15) is 24.3 Å². The first-order valence-corrected chi connectivity index (χ1v) is 9.62. The highest BCUT2D eigenvalue weighted by molar-refractivity contribution is 7.89. The van der Waals surface area contributed by atoms with E-state index in [9.17, 15) is 13.2 Å². The van der Waals surface area contributed by atoms with Crippen molar-refractivity contribution < 1.29 is 17.9 Å². The first kappa shape index (κ1) is 18.3. The fraction of sp³-hybridized carbons (Fsp3) is 0.438.